The van der Waals surface area contributed by atoms with Gasteiger partial charge in [0.25, 0.3) is 11.7 Å². The number of Topliss-reactive ketones (excluding diaryl/α,β-unsaturated/α-hetero) is 1. The van der Waals surface area contributed by atoms with Crippen LogP contribution in [-0.2, 0) is 22.4 Å². The third-order valence-corrected chi connectivity index (χ3v) is 7.01. The Balaban J connectivity index is 1.65. The van der Waals surface area contributed by atoms with Crippen molar-refractivity contribution in [3.05, 3.63) is 70.3 Å². The minimum atomic E-state index is -0.689. The molecule has 0 bridgehead atoms. The summed E-state index contributed by atoms with van der Waals surface area (Å²) in [6.45, 7) is 0. The molecule has 2 aromatic rings. The van der Waals surface area contributed by atoms with Crippen molar-refractivity contribution in [2.75, 3.05) is 0 Å². The number of nitrogens with zero attached hydrogens (tertiary/aromatic N) is 1. The molecule has 1 saturated carbocycles. The zero-order valence-electron chi connectivity index (χ0n) is 17.5. The van der Waals surface area contributed by atoms with Gasteiger partial charge in [0.15, 0.2) is 0 Å². The van der Waals surface area contributed by atoms with Crippen LogP contribution in [0.25, 0.3) is 5.76 Å². The summed E-state index contributed by atoms with van der Waals surface area (Å²) < 4.78 is 0. The molecule has 0 spiro atoms. The van der Waals surface area contributed by atoms with Crippen molar-refractivity contribution < 1.29 is 19.8 Å². The van der Waals surface area contributed by atoms with Crippen molar-refractivity contribution in [3.8, 4) is 5.75 Å². The number of aromatic hydroxyl groups is 1. The van der Waals surface area contributed by atoms with Crippen LogP contribution in [0.2, 0.25) is 0 Å². The maximum absolute atomic E-state index is 13.2. The SMILES string of the molecule is O=C1C(=O)N(C2CCCC2)C(c2cccc(O)c2)/C1=C(/O)c1ccc2c(c1)CCCC2. The van der Waals surface area contributed by atoms with Crippen LogP contribution in [0, 0.1) is 0 Å². The van der Waals surface area contributed by atoms with Gasteiger partial charge in [-0.25, -0.2) is 0 Å². The summed E-state index contributed by atoms with van der Waals surface area (Å²) in [6, 6.07) is 11.8. The molecule has 2 aromatic carbocycles. The van der Waals surface area contributed by atoms with E-state index in [4.69, 9.17) is 0 Å². The molecule has 31 heavy (non-hydrogen) atoms. The molecule has 2 fully saturated rings. The van der Waals surface area contributed by atoms with Gasteiger partial charge in [0.05, 0.1) is 11.6 Å². The Bertz CT molecular complexity index is 1080. The van der Waals surface area contributed by atoms with Crippen LogP contribution >= 0.6 is 0 Å². The van der Waals surface area contributed by atoms with E-state index in [-0.39, 0.29) is 23.1 Å². The van der Waals surface area contributed by atoms with E-state index < -0.39 is 17.7 Å². The summed E-state index contributed by atoms with van der Waals surface area (Å²) in [5.41, 5.74) is 3.84. The highest BCUT2D eigenvalue weighted by atomic mass is 16.3. The van der Waals surface area contributed by atoms with Gasteiger partial charge in [0.2, 0.25) is 0 Å². The monoisotopic (exact) mass is 417 g/mol. The molecule has 3 aliphatic rings. The number of benzene rings is 2. The summed E-state index contributed by atoms with van der Waals surface area (Å²) in [7, 11) is 0. The van der Waals surface area contributed by atoms with Gasteiger partial charge < -0.3 is 15.1 Å². The van der Waals surface area contributed by atoms with E-state index in [9.17, 15) is 19.8 Å². The lowest BCUT2D eigenvalue weighted by Gasteiger charge is -2.30. The Morgan fingerprint density at radius 3 is 2.39 bits per heavy atom. The summed E-state index contributed by atoms with van der Waals surface area (Å²) in [5.74, 6) is -1.25. The average molecular weight is 418 g/mol. The second-order valence-corrected chi connectivity index (χ2v) is 8.93. The Hall–Kier alpha value is -3.08. The van der Waals surface area contributed by atoms with Gasteiger partial charge in [0, 0.05) is 11.6 Å². The van der Waals surface area contributed by atoms with Gasteiger partial charge in [-0.05, 0) is 73.4 Å². The molecule has 1 heterocycles. The number of hydrogen-bond donors (Lipinski definition) is 2. The molecule has 2 N–H and O–H groups in total. The minimum Gasteiger partial charge on any atom is -0.508 e. The Labute approximate surface area is 182 Å². The zero-order chi connectivity index (χ0) is 21.5. The summed E-state index contributed by atoms with van der Waals surface area (Å²) in [5, 5.41) is 21.4. The lowest BCUT2D eigenvalue weighted by molar-refractivity contribution is -0.141. The lowest BCUT2D eigenvalue weighted by atomic mass is 9.88. The van der Waals surface area contributed by atoms with Crippen LogP contribution in [0.3, 0.4) is 0 Å². The molecule has 5 nitrogen and oxygen atoms in total. The number of phenolic OH excluding ortho intramolecular Hbond substituents is 1. The summed E-state index contributed by atoms with van der Waals surface area (Å²) in [6.07, 6.45) is 8.02. The minimum absolute atomic E-state index is 0.0300. The largest absolute Gasteiger partial charge is 0.508 e. The van der Waals surface area contributed by atoms with Crippen LogP contribution in [-0.4, -0.2) is 32.8 Å². The number of amides is 1. The number of carbonyl (C=O) groups is 2. The van der Waals surface area contributed by atoms with Crippen molar-refractivity contribution in [1.82, 2.24) is 4.90 Å². The normalized spacial score (nSPS) is 23.4. The molecule has 1 amide bonds. The molecule has 2 aliphatic carbocycles. The highest BCUT2D eigenvalue weighted by molar-refractivity contribution is 6.46. The number of phenols is 1. The average Bonchev–Trinajstić information content (AvgIpc) is 3.40. The first-order valence-corrected chi connectivity index (χ1v) is 11.3. The van der Waals surface area contributed by atoms with E-state index in [1.165, 1.54) is 17.5 Å². The van der Waals surface area contributed by atoms with Gasteiger partial charge in [-0.3, -0.25) is 9.59 Å². The van der Waals surface area contributed by atoms with Crippen LogP contribution in [0.1, 0.15) is 66.8 Å². The number of likely N-dealkylation sites (tertiary alicyclic amines) is 1. The van der Waals surface area contributed by atoms with Crippen LogP contribution in [0.5, 0.6) is 5.75 Å². The van der Waals surface area contributed by atoms with E-state index in [0.29, 0.717) is 11.1 Å². The van der Waals surface area contributed by atoms with Gasteiger partial charge in [-0.15, -0.1) is 0 Å². The first kappa shape index (κ1) is 19.9. The molecular formula is C26H27NO4. The maximum atomic E-state index is 13.2. The van der Waals surface area contributed by atoms with E-state index in [1.54, 1.807) is 29.2 Å². The zero-order valence-corrected chi connectivity index (χ0v) is 17.5. The van der Waals surface area contributed by atoms with Gasteiger partial charge in [0.1, 0.15) is 11.5 Å². The van der Waals surface area contributed by atoms with Gasteiger partial charge >= 0.3 is 0 Å². The first-order valence-electron chi connectivity index (χ1n) is 11.3. The van der Waals surface area contributed by atoms with Gasteiger partial charge in [-0.1, -0.05) is 37.1 Å². The second-order valence-electron chi connectivity index (χ2n) is 8.93. The fourth-order valence-electron chi connectivity index (χ4n) is 5.47. The third-order valence-electron chi connectivity index (χ3n) is 7.01. The van der Waals surface area contributed by atoms with Crippen LogP contribution < -0.4 is 0 Å². The standard InChI is InChI=1S/C26H27NO4/c28-21-11-5-8-18(15-21)23-22(25(30)26(31)27(23)20-9-3-4-10-20)24(29)19-13-12-16-6-1-2-7-17(16)14-19/h5,8,11-15,20,23,28-29H,1-4,6-7,9-10H2/b24-22-. The molecule has 1 unspecified atom stereocenters. The molecule has 0 aromatic heterocycles. The topological polar surface area (TPSA) is 77.8 Å². The molecule has 1 atom stereocenters. The number of fused-ring (bicyclic) bond motifs is 1. The third kappa shape index (κ3) is 3.42. The number of aryl methyl sites for hydroxylation is 2. The molecule has 0 radical (unpaired) electrons. The smallest absolute Gasteiger partial charge is 0.295 e. The van der Waals surface area contributed by atoms with Crippen molar-refractivity contribution in [3.63, 3.8) is 0 Å². The van der Waals surface area contributed by atoms with Crippen molar-refractivity contribution >= 4 is 17.4 Å². The highest BCUT2D eigenvalue weighted by Gasteiger charge is 2.49. The van der Waals surface area contributed by atoms with Crippen LogP contribution in [0.4, 0.5) is 0 Å². The van der Waals surface area contributed by atoms with Crippen molar-refractivity contribution in [1.29, 1.82) is 0 Å². The number of aliphatic hydroxyl groups excluding tert-OH is 1. The predicted molar refractivity (Wildman–Crippen MR) is 118 cm³/mol. The van der Waals surface area contributed by atoms with Crippen molar-refractivity contribution in [2.24, 2.45) is 0 Å². The fraction of sp³-hybridized carbons (Fsp3) is 0.385. The first-order chi connectivity index (χ1) is 15.0. The number of rotatable bonds is 3. The van der Waals surface area contributed by atoms with Crippen molar-refractivity contribution in [2.45, 2.75) is 63.5 Å². The molecule has 5 rings (SSSR count). The second kappa shape index (κ2) is 7.88. The predicted octanol–water partition coefficient (Wildman–Crippen LogP) is 4.64. The maximum Gasteiger partial charge on any atom is 0.295 e. The molecular weight excluding hydrogens is 390 g/mol. The molecule has 1 aliphatic heterocycles. The summed E-state index contributed by atoms with van der Waals surface area (Å²) in [4.78, 5) is 27.9. The number of aliphatic hydroxyl groups is 1. The van der Waals surface area contributed by atoms with Crippen LogP contribution in [0.15, 0.2) is 48.0 Å². The van der Waals surface area contributed by atoms with E-state index in [2.05, 4.69) is 0 Å². The Morgan fingerprint density at radius 1 is 0.903 bits per heavy atom. The van der Waals surface area contributed by atoms with Gasteiger partial charge in [-0.2, -0.15) is 0 Å². The molecule has 160 valence electrons. The number of ketones is 1. The van der Waals surface area contributed by atoms with E-state index in [0.717, 1.165) is 44.9 Å². The van der Waals surface area contributed by atoms with E-state index in [1.807, 2.05) is 18.2 Å². The molecule has 1 saturated heterocycles. The number of carbonyl (C=O) groups excluding carboxylic acids is 2. The Kier molecular flexibility index (Phi) is 5.05. The van der Waals surface area contributed by atoms with E-state index >= 15 is 0 Å². The quantitative estimate of drug-likeness (QED) is 0.433. The highest BCUT2D eigenvalue weighted by Crippen LogP contribution is 2.44. The summed E-state index contributed by atoms with van der Waals surface area (Å²) >= 11 is 0. The lowest BCUT2D eigenvalue weighted by Crippen LogP contribution is -2.37. The molecule has 5 heteroatoms. The Morgan fingerprint density at radius 2 is 1.65 bits per heavy atom. The fourth-order valence-corrected chi connectivity index (χ4v) is 5.47. The number of hydrogen-bond acceptors (Lipinski definition) is 4.